The number of ether oxygens (including phenoxy) is 1. The van der Waals surface area contributed by atoms with Crippen molar-refractivity contribution in [3.05, 3.63) is 29.8 Å². The summed E-state index contributed by atoms with van der Waals surface area (Å²) in [6.07, 6.45) is -0.151. The molecule has 0 saturated carbocycles. The summed E-state index contributed by atoms with van der Waals surface area (Å²) in [6, 6.07) is 6.57. The highest BCUT2D eigenvalue weighted by Gasteiger charge is 2.27. The van der Waals surface area contributed by atoms with E-state index in [4.69, 9.17) is 4.74 Å². The molecule has 1 aliphatic rings. The van der Waals surface area contributed by atoms with Gasteiger partial charge in [0.05, 0.1) is 23.4 Å². The molecule has 1 aromatic carbocycles. The molecule has 1 aromatic rings. The van der Waals surface area contributed by atoms with Crippen LogP contribution >= 0.6 is 0 Å². The van der Waals surface area contributed by atoms with Gasteiger partial charge in [-0.25, -0.2) is 21.6 Å². The number of hydrogen-bond donors (Lipinski definition) is 1. The second kappa shape index (κ2) is 7.27. The maximum atomic E-state index is 12.3. The highest BCUT2D eigenvalue weighted by Crippen LogP contribution is 2.14. The number of hydrogen-bond acceptors (Lipinski definition) is 5. The Kier molecular flexibility index (Phi) is 5.79. The fourth-order valence-corrected chi connectivity index (χ4v) is 5.22. The average Bonchev–Trinajstić information content (AvgIpc) is 2.47. The Morgan fingerprint density at radius 1 is 1.26 bits per heavy atom. The van der Waals surface area contributed by atoms with Crippen LogP contribution in [0.2, 0.25) is 0 Å². The number of sulfonamides is 2. The van der Waals surface area contributed by atoms with Crippen LogP contribution in [0, 0.1) is 6.92 Å². The zero-order valence-corrected chi connectivity index (χ0v) is 14.9. The van der Waals surface area contributed by atoms with Gasteiger partial charge in [0.25, 0.3) is 0 Å². The van der Waals surface area contributed by atoms with Crippen molar-refractivity contribution in [3.8, 4) is 0 Å². The molecule has 1 atom stereocenters. The van der Waals surface area contributed by atoms with Crippen LogP contribution < -0.4 is 4.72 Å². The predicted octanol–water partition coefficient (Wildman–Crippen LogP) is 0.324. The van der Waals surface area contributed by atoms with Gasteiger partial charge in [-0.3, -0.25) is 0 Å². The minimum Gasteiger partial charge on any atom is -0.376 e. The van der Waals surface area contributed by atoms with E-state index >= 15 is 0 Å². The Bertz CT molecular complexity index is 746. The molecule has 1 unspecified atom stereocenters. The van der Waals surface area contributed by atoms with Crippen molar-refractivity contribution >= 4 is 20.0 Å². The van der Waals surface area contributed by atoms with Crippen molar-refractivity contribution in [2.45, 2.75) is 24.8 Å². The van der Waals surface area contributed by atoms with Crippen molar-refractivity contribution in [1.82, 2.24) is 9.03 Å². The molecule has 1 heterocycles. The molecule has 1 fully saturated rings. The summed E-state index contributed by atoms with van der Waals surface area (Å²) in [4.78, 5) is 0.164. The van der Waals surface area contributed by atoms with Crippen LogP contribution in [0.25, 0.3) is 0 Å². The molecule has 0 spiro atoms. The quantitative estimate of drug-likeness (QED) is 0.787. The predicted molar refractivity (Wildman–Crippen MR) is 87.1 cm³/mol. The Morgan fingerprint density at radius 3 is 2.61 bits per heavy atom. The first-order valence-corrected chi connectivity index (χ1v) is 10.5. The third kappa shape index (κ3) is 4.74. The Balaban J connectivity index is 1.97. The van der Waals surface area contributed by atoms with E-state index in [2.05, 4.69) is 4.72 Å². The standard InChI is InChI=1S/C14H22N2O5S2/c1-12-5-3-4-6-14(12)23(19,20)15-7-10-22(17,18)16-8-9-21-13(2)11-16/h3-6,13,15H,7-11H2,1-2H3. The van der Waals surface area contributed by atoms with Crippen molar-refractivity contribution in [3.63, 3.8) is 0 Å². The Labute approximate surface area is 137 Å². The monoisotopic (exact) mass is 362 g/mol. The van der Waals surface area contributed by atoms with Gasteiger partial charge in [0.15, 0.2) is 0 Å². The van der Waals surface area contributed by atoms with Crippen LogP contribution in [0.15, 0.2) is 29.2 Å². The van der Waals surface area contributed by atoms with Gasteiger partial charge in [-0.15, -0.1) is 0 Å². The molecule has 1 N–H and O–H groups in total. The molecular weight excluding hydrogens is 340 g/mol. The number of morpholine rings is 1. The van der Waals surface area contributed by atoms with Gasteiger partial charge < -0.3 is 4.74 Å². The van der Waals surface area contributed by atoms with Crippen LogP contribution in [-0.4, -0.2) is 59.2 Å². The zero-order chi connectivity index (χ0) is 17.1. The lowest BCUT2D eigenvalue weighted by Crippen LogP contribution is -2.46. The topological polar surface area (TPSA) is 92.8 Å². The van der Waals surface area contributed by atoms with Gasteiger partial charge >= 0.3 is 0 Å². The largest absolute Gasteiger partial charge is 0.376 e. The Morgan fingerprint density at radius 2 is 1.96 bits per heavy atom. The minimum atomic E-state index is -3.71. The molecule has 23 heavy (non-hydrogen) atoms. The lowest BCUT2D eigenvalue weighted by Gasteiger charge is -2.30. The molecule has 0 radical (unpaired) electrons. The second-order valence-electron chi connectivity index (χ2n) is 5.52. The van der Waals surface area contributed by atoms with Gasteiger partial charge in [0.1, 0.15) is 0 Å². The van der Waals surface area contributed by atoms with Crippen LogP contribution in [0.5, 0.6) is 0 Å². The van der Waals surface area contributed by atoms with Gasteiger partial charge in [-0.1, -0.05) is 18.2 Å². The summed E-state index contributed by atoms with van der Waals surface area (Å²) in [5.41, 5.74) is 0.616. The highest BCUT2D eigenvalue weighted by atomic mass is 32.2. The molecular formula is C14H22N2O5S2. The molecule has 0 amide bonds. The van der Waals surface area contributed by atoms with Crippen LogP contribution in [0.1, 0.15) is 12.5 Å². The van der Waals surface area contributed by atoms with Crippen molar-refractivity contribution in [2.75, 3.05) is 32.0 Å². The fraction of sp³-hybridized carbons (Fsp3) is 0.571. The van der Waals surface area contributed by atoms with Crippen LogP contribution in [0.3, 0.4) is 0 Å². The maximum absolute atomic E-state index is 12.3. The van der Waals surface area contributed by atoms with Crippen LogP contribution in [0.4, 0.5) is 0 Å². The molecule has 0 aromatic heterocycles. The molecule has 7 nitrogen and oxygen atoms in total. The van der Waals surface area contributed by atoms with Crippen molar-refractivity contribution in [1.29, 1.82) is 0 Å². The van der Waals surface area contributed by atoms with E-state index in [0.717, 1.165) is 0 Å². The lowest BCUT2D eigenvalue weighted by molar-refractivity contribution is 0.0102. The summed E-state index contributed by atoms with van der Waals surface area (Å²) >= 11 is 0. The van der Waals surface area contributed by atoms with E-state index in [-0.39, 0.29) is 23.3 Å². The van der Waals surface area contributed by atoms with Crippen molar-refractivity contribution < 1.29 is 21.6 Å². The van der Waals surface area contributed by atoms with Crippen LogP contribution in [-0.2, 0) is 24.8 Å². The molecule has 0 aliphatic carbocycles. The average molecular weight is 362 g/mol. The fourth-order valence-electron chi connectivity index (χ4n) is 2.41. The lowest BCUT2D eigenvalue weighted by atomic mass is 10.2. The van der Waals surface area contributed by atoms with E-state index < -0.39 is 20.0 Å². The summed E-state index contributed by atoms with van der Waals surface area (Å²) in [5.74, 6) is -0.273. The molecule has 0 bridgehead atoms. The Hall–Kier alpha value is -1.00. The molecule has 9 heteroatoms. The summed E-state index contributed by atoms with van der Waals surface area (Å²) in [5, 5.41) is 0. The second-order valence-corrected chi connectivity index (χ2v) is 9.34. The summed E-state index contributed by atoms with van der Waals surface area (Å²) in [6.45, 7) is 4.30. The summed E-state index contributed by atoms with van der Waals surface area (Å²) < 4.78 is 58.0. The molecule has 2 rings (SSSR count). The van der Waals surface area contributed by atoms with E-state index in [1.165, 1.54) is 10.4 Å². The maximum Gasteiger partial charge on any atom is 0.240 e. The van der Waals surface area contributed by atoms with Gasteiger partial charge in [-0.2, -0.15) is 4.31 Å². The third-order valence-corrected chi connectivity index (χ3v) is 7.09. The first-order chi connectivity index (χ1) is 10.7. The van der Waals surface area contributed by atoms with Gasteiger partial charge in [0, 0.05) is 19.6 Å². The molecule has 1 aliphatic heterocycles. The van der Waals surface area contributed by atoms with E-state index in [1.807, 2.05) is 6.92 Å². The SMILES string of the molecule is Cc1ccccc1S(=O)(=O)NCCS(=O)(=O)N1CCOC(C)C1. The third-order valence-electron chi connectivity index (χ3n) is 3.63. The molecule has 1 saturated heterocycles. The number of benzene rings is 1. The van der Waals surface area contributed by atoms with Gasteiger partial charge in [-0.05, 0) is 25.5 Å². The smallest absolute Gasteiger partial charge is 0.240 e. The van der Waals surface area contributed by atoms with E-state index in [0.29, 0.717) is 25.3 Å². The zero-order valence-electron chi connectivity index (χ0n) is 13.2. The van der Waals surface area contributed by atoms with Gasteiger partial charge in [0.2, 0.25) is 20.0 Å². The number of rotatable bonds is 6. The van der Waals surface area contributed by atoms with E-state index in [1.54, 1.807) is 25.1 Å². The number of nitrogens with one attached hydrogen (secondary N) is 1. The normalized spacial score (nSPS) is 20.5. The van der Waals surface area contributed by atoms with Crippen molar-refractivity contribution in [2.24, 2.45) is 0 Å². The van der Waals surface area contributed by atoms with E-state index in [9.17, 15) is 16.8 Å². The highest BCUT2D eigenvalue weighted by molar-refractivity contribution is 7.90. The number of aryl methyl sites for hydroxylation is 1. The minimum absolute atomic E-state index is 0.151. The first kappa shape index (κ1) is 18.3. The first-order valence-electron chi connectivity index (χ1n) is 7.37. The summed E-state index contributed by atoms with van der Waals surface area (Å²) in [7, 11) is -7.22. The number of nitrogens with zero attached hydrogens (tertiary/aromatic N) is 1. The molecule has 130 valence electrons.